The summed E-state index contributed by atoms with van der Waals surface area (Å²) in [6.07, 6.45) is 3.96. The van der Waals surface area contributed by atoms with E-state index in [2.05, 4.69) is 16.1 Å². The van der Waals surface area contributed by atoms with E-state index in [1.54, 1.807) is 26.8 Å². The minimum Gasteiger partial charge on any atom is -0.460 e. The zero-order valence-electron chi connectivity index (χ0n) is 25.1. The highest BCUT2D eigenvalue weighted by molar-refractivity contribution is 6.67. The Hall–Kier alpha value is -2.89. The Bertz CT molecular complexity index is 1380. The molecule has 0 bridgehead atoms. The van der Waals surface area contributed by atoms with Crippen molar-refractivity contribution in [2.45, 2.75) is 75.0 Å². The van der Waals surface area contributed by atoms with E-state index >= 15 is 0 Å². The van der Waals surface area contributed by atoms with Gasteiger partial charge in [0, 0.05) is 13.0 Å². The van der Waals surface area contributed by atoms with Crippen molar-refractivity contribution in [2.75, 3.05) is 13.2 Å². The Kier molecular flexibility index (Phi) is 12.9. The van der Waals surface area contributed by atoms with Crippen molar-refractivity contribution < 1.29 is 29.0 Å². The number of nitrogens with zero attached hydrogens (tertiary/aromatic N) is 1. The molecule has 1 heterocycles. The molecule has 0 saturated carbocycles. The molecule has 10 nitrogen and oxygen atoms in total. The molecule has 0 aliphatic carbocycles. The van der Waals surface area contributed by atoms with Crippen LogP contribution in [0.4, 0.5) is 0 Å². The second kappa shape index (κ2) is 15.9. The number of carbonyl (C=O) groups is 4. The van der Waals surface area contributed by atoms with Gasteiger partial charge in [-0.1, -0.05) is 85.1 Å². The predicted octanol–water partition coefficient (Wildman–Crippen LogP) is 4.35. The first-order valence-electron chi connectivity index (χ1n) is 14.4. The fraction of sp³-hybridized carbons (Fsp3) is 0.484. The number of hydrogen-bond donors (Lipinski definition) is 4. The quantitative estimate of drug-likeness (QED) is 0.206. The summed E-state index contributed by atoms with van der Waals surface area (Å²) in [5, 5.41) is 18.6. The number of fused-ring (bicyclic) bond motifs is 1. The highest BCUT2D eigenvalue weighted by Crippen LogP contribution is 2.26. The lowest BCUT2D eigenvalue weighted by molar-refractivity contribution is -0.152. The third-order valence-corrected chi connectivity index (χ3v) is 7.42. The summed E-state index contributed by atoms with van der Waals surface area (Å²) in [7, 11) is 0. The number of hydrazine groups is 1. The number of aliphatic hydroxyl groups is 1. The summed E-state index contributed by atoms with van der Waals surface area (Å²) in [4.78, 5) is 51.3. The minimum absolute atomic E-state index is 0.0458. The monoisotopic (exact) mass is 668 g/mol. The molecule has 2 aromatic rings. The number of ether oxygens (including phenoxy) is 1. The maximum atomic E-state index is 13.1. The van der Waals surface area contributed by atoms with Gasteiger partial charge >= 0.3 is 5.97 Å². The van der Waals surface area contributed by atoms with Gasteiger partial charge in [0.2, 0.25) is 15.6 Å². The van der Waals surface area contributed by atoms with Crippen molar-refractivity contribution in [2.24, 2.45) is 5.92 Å². The molecule has 0 aromatic heterocycles. The number of halogens is 3. The van der Waals surface area contributed by atoms with E-state index in [9.17, 15) is 24.3 Å². The molecule has 1 aliphatic rings. The third-order valence-electron chi connectivity index (χ3n) is 7.09. The molecule has 1 fully saturated rings. The SMILES string of the molecule is CC(C)[C@H](NC(=O)C/C=C/c1ccc2ccc([C@@H](C)O)cc2c1)C(=O)N[C@@H](C)C(=O)N1CCC[C@@H](C(=O)OCC(Cl)(Cl)Cl)N1. The largest absolute Gasteiger partial charge is 0.460 e. The Morgan fingerprint density at radius 1 is 1.07 bits per heavy atom. The van der Waals surface area contributed by atoms with Crippen LogP contribution in [0.15, 0.2) is 42.5 Å². The number of hydrogen-bond acceptors (Lipinski definition) is 7. The number of benzene rings is 2. The summed E-state index contributed by atoms with van der Waals surface area (Å²) in [5.74, 6) is -2.21. The first kappa shape index (κ1) is 35.6. The Morgan fingerprint density at radius 3 is 2.43 bits per heavy atom. The third kappa shape index (κ3) is 10.6. The van der Waals surface area contributed by atoms with Crippen LogP contribution in [-0.4, -0.2) is 68.9 Å². The van der Waals surface area contributed by atoms with Gasteiger partial charge in [-0.05, 0) is 66.6 Å². The van der Waals surface area contributed by atoms with Gasteiger partial charge in [-0.15, -0.1) is 0 Å². The van der Waals surface area contributed by atoms with Crippen LogP contribution in [0, 0.1) is 5.92 Å². The fourth-order valence-corrected chi connectivity index (χ4v) is 4.85. The zero-order chi connectivity index (χ0) is 32.6. The summed E-state index contributed by atoms with van der Waals surface area (Å²) in [6.45, 7) is 6.73. The lowest BCUT2D eigenvalue weighted by Gasteiger charge is -2.34. The first-order valence-corrected chi connectivity index (χ1v) is 15.6. The Morgan fingerprint density at radius 2 is 1.77 bits per heavy atom. The van der Waals surface area contributed by atoms with E-state index in [4.69, 9.17) is 39.5 Å². The van der Waals surface area contributed by atoms with E-state index in [-0.39, 0.29) is 18.2 Å². The molecule has 0 spiro atoms. The highest BCUT2D eigenvalue weighted by Gasteiger charge is 2.34. The molecule has 0 radical (unpaired) electrons. The normalized spacial score (nSPS) is 17.8. The van der Waals surface area contributed by atoms with Crippen molar-refractivity contribution >= 4 is 75.3 Å². The molecule has 3 rings (SSSR count). The second-order valence-electron chi connectivity index (χ2n) is 11.2. The van der Waals surface area contributed by atoms with Crippen molar-refractivity contribution in [3.8, 4) is 0 Å². The van der Waals surface area contributed by atoms with E-state index < -0.39 is 52.4 Å². The topological polar surface area (TPSA) is 137 Å². The van der Waals surface area contributed by atoms with Gasteiger partial charge in [-0.25, -0.2) is 5.43 Å². The number of rotatable bonds is 11. The Balaban J connectivity index is 1.53. The first-order chi connectivity index (χ1) is 20.6. The van der Waals surface area contributed by atoms with Gasteiger partial charge in [-0.2, -0.15) is 0 Å². The average Bonchev–Trinajstić information content (AvgIpc) is 2.97. The number of alkyl halides is 3. The van der Waals surface area contributed by atoms with Gasteiger partial charge in [-0.3, -0.25) is 24.2 Å². The number of amides is 3. The van der Waals surface area contributed by atoms with Gasteiger partial charge in [0.1, 0.15) is 24.7 Å². The van der Waals surface area contributed by atoms with Gasteiger partial charge in [0.15, 0.2) is 0 Å². The molecule has 1 saturated heterocycles. The lowest BCUT2D eigenvalue weighted by atomic mass is 10.0. The maximum Gasteiger partial charge on any atom is 0.325 e. The minimum atomic E-state index is -1.75. The van der Waals surface area contributed by atoms with Crippen molar-refractivity contribution in [1.29, 1.82) is 0 Å². The highest BCUT2D eigenvalue weighted by atomic mass is 35.6. The molecule has 3 amide bonds. The van der Waals surface area contributed by atoms with Crippen LogP contribution in [0.3, 0.4) is 0 Å². The average molecular weight is 670 g/mol. The number of aliphatic hydroxyl groups excluding tert-OH is 1. The fourth-order valence-electron chi connectivity index (χ4n) is 4.68. The van der Waals surface area contributed by atoms with E-state index in [1.165, 1.54) is 11.9 Å². The van der Waals surface area contributed by atoms with Crippen LogP contribution in [0.5, 0.6) is 0 Å². The molecular weight excluding hydrogens is 631 g/mol. The molecule has 2 aromatic carbocycles. The van der Waals surface area contributed by atoms with Crippen LogP contribution in [-0.2, 0) is 23.9 Å². The zero-order valence-corrected chi connectivity index (χ0v) is 27.4. The van der Waals surface area contributed by atoms with E-state index in [1.807, 2.05) is 42.5 Å². The summed E-state index contributed by atoms with van der Waals surface area (Å²) < 4.78 is 3.27. The molecule has 1 aliphatic heterocycles. The molecule has 240 valence electrons. The molecule has 4 N–H and O–H groups in total. The van der Waals surface area contributed by atoms with E-state index in [0.717, 1.165) is 21.9 Å². The van der Waals surface area contributed by atoms with Crippen LogP contribution < -0.4 is 16.1 Å². The molecule has 13 heteroatoms. The van der Waals surface area contributed by atoms with Gasteiger partial charge < -0.3 is 20.5 Å². The number of carbonyl (C=O) groups excluding carboxylic acids is 4. The summed E-state index contributed by atoms with van der Waals surface area (Å²) in [5.41, 5.74) is 4.54. The van der Waals surface area contributed by atoms with Crippen LogP contribution >= 0.6 is 34.8 Å². The van der Waals surface area contributed by atoms with Crippen LogP contribution in [0.25, 0.3) is 16.8 Å². The van der Waals surface area contributed by atoms with Crippen molar-refractivity contribution in [1.82, 2.24) is 21.1 Å². The molecule has 0 unspecified atom stereocenters. The molecule has 4 atom stereocenters. The maximum absolute atomic E-state index is 13.1. The van der Waals surface area contributed by atoms with Gasteiger partial charge in [0.05, 0.1) is 6.10 Å². The molecular formula is C31H39Cl3N4O6. The van der Waals surface area contributed by atoms with Crippen LogP contribution in [0.2, 0.25) is 0 Å². The van der Waals surface area contributed by atoms with Crippen molar-refractivity contribution in [3.63, 3.8) is 0 Å². The summed E-state index contributed by atoms with van der Waals surface area (Å²) >= 11 is 16.9. The lowest BCUT2D eigenvalue weighted by Crippen LogP contribution is -2.61. The van der Waals surface area contributed by atoms with Gasteiger partial charge in [0.25, 0.3) is 5.91 Å². The smallest absolute Gasteiger partial charge is 0.325 e. The number of nitrogens with one attached hydrogen (secondary N) is 3. The van der Waals surface area contributed by atoms with E-state index in [0.29, 0.717) is 19.4 Å². The predicted molar refractivity (Wildman–Crippen MR) is 172 cm³/mol. The van der Waals surface area contributed by atoms with Crippen molar-refractivity contribution in [3.05, 3.63) is 53.6 Å². The number of esters is 1. The molecule has 44 heavy (non-hydrogen) atoms. The summed E-state index contributed by atoms with van der Waals surface area (Å²) in [6, 6.07) is 9.05. The van der Waals surface area contributed by atoms with Crippen LogP contribution in [0.1, 0.15) is 64.2 Å². The second-order valence-corrected chi connectivity index (χ2v) is 13.7. The standard InChI is InChI=1S/C31H39Cl3N4O6/c1-18(2)27(36-26(40)9-5-7-21-10-11-22-12-13-23(20(4)39)16-24(22)15-21)28(41)35-19(3)29(42)38-14-6-8-25(37-38)30(43)44-17-31(32,33)34/h5,7,10-13,15-16,18-20,25,27,37,39H,6,8-9,14,17H2,1-4H3,(H,35,41)(H,36,40)/b7-5+/t19-,20+,25-,27-/m0/s1. The Labute approximate surface area is 272 Å².